The summed E-state index contributed by atoms with van der Waals surface area (Å²) in [6.45, 7) is 2.20. The lowest BCUT2D eigenvalue weighted by Crippen LogP contribution is -2.48. The molecule has 4 rings (SSSR count). The molecule has 10 heteroatoms. The summed E-state index contributed by atoms with van der Waals surface area (Å²) in [5.41, 5.74) is 8.76. The van der Waals surface area contributed by atoms with E-state index in [0.717, 1.165) is 11.4 Å². The van der Waals surface area contributed by atoms with Crippen molar-refractivity contribution >= 4 is 32.8 Å². The van der Waals surface area contributed by atoms with Crippen LogP contribution in [0.3, 0.4) is 0 Å². The molecule has 0 atom stereocenters. The Hall–Kier alpha value is -2.56. The Morgan fingerprint density at radius 1 is 1.04 bits per heavy atom. The standard InChI is InChI=1S/C17H20FN5O3S/c1-27(25,26)22-8-6-21(7-9-22)12-2-4-13(5-3-12)23-16-11-17(24)14(18)10-15(16)19-20-23/h2-5,10-11,19-20,24H,6-9H2,1H3. The molecule has 2 heterocycles. The Balaban J connectivity index is 1.49. The third kappa shape index (κ3) is 3.38. The van der Waals surface area contributed by atoms with E-state index in [1.807, 2.05) is 24.3 Å². The summed E-state index contributed by atoms with van der Waals surface area (Å²) >= 11 is 0. The first-order chi connectivity index (χ1) is 12.8. The minimum atomic E-state index is -3.15. The monoisotopic (exact) mass is 393 g/mol. The van der Waals surface area contributed by atoms with Crippen molar-refractivity contribution in [2.45, 2.75) is 0 Å². The second-order valence-electron chi connectivity index (χ2n) is 6.56. The Morgan fingerprint density at radius 2 is 1.67 bits per heavy atom. The highest BCUT2D eigenvalue weighted by atomic mass is 32.2. The minimum absolute atomic E-state index is 0.412. The van der Waals surface area contributed by atoms with Gasteiger partial charge in [-0.2, -0.15) is 4.31 Å². The number of hydrogen-bond acceptors (Lipinski definition) is 7. The number of fused-ring (bicyclic) bond motifs is 1. The lowest BCUT2D eigenvalue weighted by molar-refractivity contribution is 0.388. The molecule has 2 aromatic rings. The molecule has 0 amide bonds. The highest BCUT2D eigenvalue weighted by molar-refractivity contribution is 7.88. The molecule has 2 aromatic carbocycles. The van der Waals surface area contributed by atoms with E-state index in [4.69, 9.17) is 0 Å². The smallest absolute Gasteiger partial charge is 0.211 e. The van der Waals surface area contributed by atoms with E-state index in [0.29, 0.717) is 37.6 Å². The maximum absolute atomic E-state index is 13.5. The average molecular weight is 393 g/mol. The molecule has 0 bridgehead atoms. The van der Waals surface area contributed by atoms with Gasteiger partial charge in [-0.15, -0.1) is 5.53 Å². The number of hydrazine groups is 2. The number of phenols is 1. The Morgan fingerprint density at radius 3 is 2.30 bits per heavy atom. The summed E-state index contributed by atoms with van der Waals surface area (Å²) in [5.74, 6) is -1.10. The van der Waals surface area contributed by atoms with Crippen LogP contribution in [-0.4, -0.2) is 50.3 Å². The number of nitrogens with zero attached hydrogens (tertiary/aromatic N) is 3. The van der Waals surface area contributed by atoms with Gasteiger partial charge in [-0.3, -0.25) is 5.01 Å². The molecule has 1 fully saturated rings. The largest absolute Gasteiger partial charge is 0.505 e. The molecule has 0 saturated carbocycles. The summed E-state index contributed by atoms with van der Waals surface area (Å²) in [7, 11) is -3.15. The molecule has 0 radical (unpaired) electrons. The fraction of sp³-hybridized carbons (Fsp3) is 0.294. The van der Waals surface area contributed by atoms with Crippen molar-refractivity contribution in [1.29, 1.82) is 0 Å². The predicted molar refractivity (Wildman–Crippen MR) is 102 cm³/mol. The number of sulfonamides is 1. The number of rotatable bonds is 3. The summed E-state index contributed by atoms with van der Waals surface area (Å²) in [6.07, 6.45) is 1.23. The fourth-order valence-electron chi connectivity index (χ4n) is 3.31. The Labute approximate surface area is 156 Å². The van der Waals surface area contributed by atoms with Crippen LogP contribution in [-0.2, 0) is 10.0 Å². The number of aromatic hydroxyl groups is 1. The zero-order chi connectivity index (χ0) is 19.2. The summed E-state index contributed by atoms with van der Waals surface area (Å²) in [6, 6.07) is 10.3. The molecule has 0 aliphatic carbocycles. The van der Waals surface area contributed by atoms with Crippen molar-refractivity contribution < 1.29 is 17.9 Å². The van der Waals surface area contributed by atoms with Gasteiger partial charge in [0, 0.05) is 44.0 Å². The first-order valence-electron chi connectivity index (χ1n) is 8.47. The third-order valence-electron chi connectivity index (χ3n) is 4.79. The first kappa shape index (κ1) is 17.8. The maximum Gasteiger partial charge on any atom is 0.211 e. The molecule has 3 N–H and O–H groups in total. The summed E-state index contributed by atoms with van der Waals surface area (Å²) in [5, 5.41) is 11.3. The molecule has 8 nitrogen and oxygen atoms in total. The van der Waals surface area contributed by atoms with E-state index in [2.05, 4.69) is 15.9 Å². The Kier molecular flexibility index (Phi) is 4.33. The third-order valence-corrected chi connectivity index (χ3v) is 6.09. The van der Waals surface area contributed by atoms with Crippen LogP contribution >= 0.6 is 0 Å². The number of benzene rings is 2. The van der Waals surface area contributed by atoms with E-state index < -0.39 is 21.6 Å². The minimum Gasteiger partial charge on any atom is -0.505 e. The fourth-order valence-corrected chi connectivity index (χ4v) is 4.13. The molecule has 0 spiro atoms. The topological polar surface area (TPSA) is 88.2 Å². The van der Waals surface area contributed by atoms with E-state index >= 15 is 0 Å². The van der Waals surface area contributed by atoms with Crippen molar-refractivity contribution in [2.75, 3.05) is 47.8 Å². The van der Waals surface area contributed by atoms with Gasteiger partial charge in [-0.05, 0) is 24.3 Å². The van der Waals surface area contributed by atoms with Gasteiger partial charge < -0.3 is 15.4 Å². The molecule has 0 aromatic heterocycles. The molecule has 2 aliphatic rings. The number of phenolic OH excluding ortho intramolecular Hbond substituents is 1. The van der Waals surface area contributed by atoms with Gasteiger partial charge in [0.15, 0.2) is 11.6 Å². The number of nitrogens with one attached hydrogen (secondary N) is 2. The normalized spacial score (nSPS) is 17.7. The van der Waals surface area contributed by atoms with Gasteiger partial charge in [0.2, 0.25) is 10.0 Å². The first-order valence-corrected chi connectivity index (χ1v) is 10.3. The lowest BCUT2D eigenvalue weighted by atomic mass is 10.2. The zero-order valence-electron chi connectivity index (χ0n) is 14.7. The second kappa shape index (κ2) is 6.55. The molecule has 1 saturated heterocycles. The molecule has 0 unspecified atom stereocenters. The van der Waals surface area contributed by atoms with Crippen LogP contribution in [0.4, 0.5) is 27.1 Å². The average Bonchev–Trinajstić information content (AvgIpc) is 3.04. The van der Waals surface area contributed by atoms with Crippen LogP contribution in [0, 0.1) is 5.82 Å². The molecule has 2 aliphatic heterocycles. The number of anilines is 4. The van der Waals surface area contributed by atoms with E-state index in [-0.39, 0.29) is 0 Å². The van der Waals surface area contributed by atoms with Crippen LogP contribution < -0.4 is 20.9 Å². The van der Waals surface area contributed by atoms with Gasteiger partial charge in [-0.25, -0.2) is 12.8 Å². The molecule has 144 valence electrons. The van der Waals surface area contributed by atoms with Gasteiger partial charge >= 0.3 is 0 Å². The van der Waals surface area contributed by atoms with Gasteiger partial charge in [0.1, 0.15) is 0 Å². The second-order valence-corrected chi connectivity index (χ2v) is 8.54. The lowest BCUT2D eigenvalue weighted by Gasteiger charge is -2.34. The van der Waals surface area contributed by atoms with Gasteiger partial charge in [0.25, 0.3) is 0 Å². The van der Waals surface area contributed by atoms with Crippen molar-refractivity contribution in [3.8, 4) is 5.75 Å². The highest BCUT2D eigenvalue weighted by Gasteiger charge is 2.25. The van der Waals surface area contributed by atoms with Crippen LogP contribution in [0.25, 0.3) is 0 Å². The van der Waals surface area contributed by atoms with Crippen molar-refractivity contribution in [3.63, 3.8) is 0 Å². The maximum atomic E-state index is 13.5. The SMILES string of the molecule is CS(=O)(=O)N1CCN(c2ccc(N3NNc4cc(F)c(O)cc43)cc2)CC1. The van der Waals surface area contributed by atoms with Gasteiger partial charge in [-0.1, -0.05) is 0 Å². The number of hydrogen-bond donors (Lipinski definition) is 3. The molecule has 27 heavy (non-hydrogen) atoms. The highest BCUT2D eigenvalue weighted by Crippen LogP contribution is 2.38. The quantitative estimate of drug-likeness (QED) is 0.683. The van der Waals surface area contributed by atoms with Crippen molar-refractivity contribution in [1.82, 2.24) is 9.84 Å². The zero-order valence-corrected chi connectivity index (χ0v) is 15.5. The Bertz CT molecular complexity index is 959. The van der Waals surface area contributed by atoms with Crippen molar-refractivity contribution in [3.05, 3.63) is 42.2 Å². The van der Waals surface area contributed by atoms with Crippen LogP contribution in [0.5, 0.6) is 5.75 Å². The van der Waals surface area contributed by atoms with E-state index in [9.17, 15) is 17.9 Å². The number of piperazine rings is 1. The van der Waals surface area contributed by atoms with E-state index in [1.165, 1.54) is 22.7 Å². The summed E-state index contributed by atoms with van der Waals surface area (Å²) < 4.78 is 38.2. The summed E-state index contributed by atoms with van der Waals surface area (Å²) in [4.78, 5) is 2.14. The molecular formula is C17H20FN5O3S. The van der Waals surface area contributed by atoms with Crippen LogP contribution in [0.1, 0.15) is 0 Å². The van der Waals surface area contributed by atoms with Crippen molar-refractivity contribution in [2.24, 2.45) is 0 Å². The van der Waals surface area contributed by atoms with Crippen LogP contribution in [0.15, 0.2) is 36.4 Å². The predicted octanol–water partition coefficient (Wildman–Crippen LogP) is 1.60. The van der Waals surface area contributed by atoms with Gasteiger partial charge in [0.05, 0.1) is 23.3 Å². The molecular weight excluding hydrogens is 373 g/mol. The van der Waals surface area contributed by atoms with E-state index in [1.54, 1.807) is 5.01 Å². The number of halogens is 1. The van der Waals surface area contributed by atoms with Crippen LogP contribution in [0.2, 0.25) is 0 Å².